The summed E-state index contributed by atoms with van der Waals surface area (Å²) in [7, 11) is -1.24. The molecule has 3 rings (SSSR count). The molecule has 1 aromatic carbocycles. The van der Waals surface area contributed by atoms with Crippen LogP contribution in [0.3, 0.4) is 0 Å². The molecular weight excluding hydrogens is 340 g/mol. The van der Waals surface area contributed by atoms with Crippen molar-refractivity contribution in [2.45, 2.75) is 37.6 Å². The Hall–Kier alpha value is -1.60. The summed E-state index contributed by atoms with van der Waals surface area (Å²) in [6.07, 6.45) is 1.08. The van der Waals surface area contributed by atoms with E-state index in [0.717, 1.165) is 6.42 Å². The second-order valence-electron chi connectivity index (χ2n) is 7.30. The van der Waals surface area contributed by atoms with Gasteiger partial charge in [0.2, 0.25) is 5.91 Å². The predicted octanol–water partition coefficient (Wildman–Crippen LogP) is 1.54. The van der Waals surface area contributed by atoms with Gasteiger partial charge in [-0.15, -0.1) is 0 Å². The van der Waals surface area contributed by atoms with Crippen LogP contribution >= 0.6 is 0 Å². The third-order valence-corrected chi connectivity index (χ3v) is 6.30. The van der Waals surface area contributed by atoms with Crippen LogP contribution in [0.25, 0.3) is 0 Å². The smallest absolute Gasteiger partial charge is 0.223 e. The van der Waals surface area contributed by atoms with Crippen LogP contribution in [0, 0.1) is 5.41 Å². The van der Waals surface area contributed by atoms with Crippen LogP contribution in [0.2, 0.25) is 0 Å². The molecule has 2 atom stereocenters. The van der Waals surface area contributed by atoms with Crippen LogP contribution in [-0.2, 0) is 15.6 Å². The van der Waals surface area contributed by atoms with Crippen LogP contribution in [0.4, 0.5) is 0 Å². The lowest BCUT2D eigenvalue weighted by atomic mass is 9.79. The average Bonchev–Trinajstić information content (AvgIpc) is 2.61. The number of benzene rings is 1. The SMILES string of the molecule is CC1(C)CN(C(=O)CCS(=O)c2ccc3c(c2)OCCO3)CCC1N. The molecule has 7 heteroatoms. The van der Waals surface area contributed by atoms with Gasteiger partial charge in [-0.2, -0.15) is 0 Å². The molecule has 1 amide bonds. The molecule has 6 nitrogen and oxygen atoms in total. The molecule has 1 aromatic rings. The molecule has 1 fully saturated rings. The Morgan fingerprint density at radius 2 is 2.04 bits per heavy atom. The summed E-state index contributed by atoms with van der Waals surface area (Å²) in [4.78, 5) is 15.0. The van der Waals surface area contributed by atoms with E-state index in [2.05, 4.69) is 13.8 Å². The monoisotopic (exact) mass is 366 g/mol. The summed E-state index contributed by atoms with van der Waals surface area (Å²) in [5.41, 5.74) is 6.04. The topological polar surface area (TPSA) is 81.9 Å². The predicted molar refractivity (Wildman–Crippen MR) is 96.3 cm³/mol. The zero-order valence-electron chi connectivity index (χ0n) is 14.8. The van der Waals surface area contributed by atoms with Gasteiger partial charge in [0.1, 0.15) is 13.2 Å². The lowest BCUT2D eigenvalue weighted by molar-refractivity contribution is -0.134. The van der Waals surface area contributed by atoms with Gasteiger partial charge in [0.15, 0.2) is 11.5 Å². The van der Waals surface area contributed by atoms with Gasteiger partial charge in [0.25, 0.3) is 0 Å². The highest BCUT2D eigenvalue weighted by atomic mass is 32.2. The van der Waals surface area contributed by atoms with Gasteiger partial charge in [0, 0.05) is 42.3 Å². The number of likely N-dealkylation sites (tertiary alicyclic amines) is 1. The van der Waals surface area contributed by atoms with Crippen molar-refractivity contribution < 1.29 is 18.5 Å². The van der Waals surface area contributed by atoms with Crippen LogP contribution in [-0.4, -0.2) is 53.1 Å². The Bertz CT molecular complexity index is 677. The molecule has 0 radical (unpaired) electrons. The van der Waals surface area contributed by atoms with E-state index in [4.69, 9.17) is 15.2 Å². The maximum Gasteiger partial charge on any atom is 0.223 e. The number of fused-ring (bicyclic) bond motifs is 1. The number of ether oxygens (including phenoxy) is 2. The molecule has 1 saturated heterocycles. The normalized spacial score (nSPS) is 23.2. The van der Waals surface area contributed by atoms with Crippen molar-refractivity contribution in [3.63, 3.8) is 0 Å². The third kappa shape index (κ3) is 4.15. The van der Waals surface area contributed by atoms with Crippen molar-refractivity contribution in [2.24, 2.45) is 11.1 Å². The van der Waals surface area contributed by atoms with Crippen LogP contribution in [0.15, 0.2) is 23.1 Å². The Balaban J connectivity index is 1.56. The Labute approximate surface area is 151 Å². The molecule has 25 heavy (non-hydrogen) atoms. The first kappa shape index (κ1) is 18.2. The molecule has 0 aliphatic carbocycles. The minimum Gasteiger partial charge on any atom is -0.486 e. The molecule has 0 spiro atoms. The summed E-state index contributed by atoms with van der Waals surface area (Å²) in [5, 5.41) is 0. The number of hydrogen-bond acceptors (Lipinski definition) is 5. The van der Waals surface area contributed by atoms with E-state index >= 15 is 0 Å². The van der Waals surface area contributed by atoms with E-state index in [1.54, 1.807) is 18.2 Å². The number of nitrogens with zero attached hydrogens (tertiary/aromatic N) is 1. The van der Waals surface area contributed by atoms with Gasteiger partial charge < -0.3 is 20.1 Å². The minimum absolute atomic E-state index is 0.0471. The summed E-state index contributed by atoms with van der Waals surface area (Å²) in [6, 6.07) is 5.41. The van der Waals surface area contributed by atoms with Gasteiger partial charge in [-0.1, -0.05) is 13.8 Å². The zero-order chi connectivity index (χ0) is 18.0. The van der Waals surface area contributed by atoms with Crippen LogP contribution in [0.1, 0.15) is 26.7 Å². The Morgan fingerprint density at radius 1 is 1.32 bits per heavy atom. The fourth-order valence-corrected chi connectivity index (χ4v) is 4.26. The highest BCUT2D eigenvalue weighted by molar-refractivity contribution is 7.85. The Morgan fingerprint density at radius 3 is 2.76 bits per heavy atom. The molecule has 2 aliphatic heterocycles. The van der Waals surface area contributed by atoms with Crippen molar-refractivity contribution in [1.29, 1.82) is 0 Å². The molecule has 2 aliphatic rings. The molecule has 2 N–H and O–H groups in total. The molecule has 0 saturated carbocycles. The minimum atomic E-state index is -1.24. The summed E-state index contributed by atoms with van der Waals surface area (Å²) in [5.74, 6) is 1.65. The molecule has 0 bridgehead atoms. The molecule has 2 heterocycles. The van der Waals surface area contributed by atoms with E-state index in [1.807, 2.05) is 4.90 Å². The van der Waals surface area contributed by atoms with Crippen molar-refractivity contribution in [2.75, 3.05) is 32.1 Å². The Kier molecular flexibility index (Phi) is 5.34. The van der Waals surface area contributed by atoms with Gasteiger partial charge >= 0.3 is 0 Å². The van der Waals surface area contributed by atoms with Crippen LogP contribution < -0.4 is 15.2 Å². The van der Waals surface area contributed by atoms with Crippen molar-refractivity contribution in [1.82, 2.24) is 4.90 Å². The summed E-state index contributed by atoms with van der Waals surface area (Å²) >= 11 is 0. The third-order valence-electron chi connectivity index (χ3n) is 4.94. The summed E-state index contributed by atoms with van der Waals surface area (Å²) < 4.78 is 23.5. The number of amides is 1. The second kappa shape index (κ2) is 7.33. The maximum absolute atomic E-state index is 12.5. The average molecular weight is 366 g/mol. The number of piperidine rings is 1. The number of hydrogen-bond donors (Lipinski definition) is 1. The number of carbonyl (C=O) groups excluding carboxylic acids is 1. The number of carbonyl (C=O) groups is 1. The largest absolute Gasteiger partial charge is 0.486 e. The van der Waals surface area contributed by atoms with Crippen molar-refractivity contribution >= 4 is 16.7 Å². The number of rotatable bonds is 4. The van der Waals surface area contributed by atoms with Gasteiger partial charge in [-0.05, 0) is 24.0 Å². The van der Waals surface area contributed by atoms with Crippen molar-refractivity contribution in [3.8, 4) is 11.5 Å². The van der Waals surface area contributed by atoms with Gasteiger partial charge in [-0.3, -0.25) is 9.00 Å². The lowest BCUT2D eigenvalue weighted by Crippen LogP contribution is -2.54. The fourth-order valence-electron chi connectivity index (χ4n) is 3.21. The standard InChI is InChI=1S/C18H26N2O4S/c1-18(2)12-20(7-5-16(18)19)17(21)6-10-25(22)13-3-4-14-15(11-13)24-9-8-23-14/h3-4,11,16H,5-10,12,19H2,1-2H3. The van der Waals surface area contributed by atoms with E-state index in [0.29, 0.717) is 48.5 Å². The highest BCUT2D eigenvalue weighted by Crippen LogP contribution is 2.32. The van der Waals surface area contributed by atoms with E-state index in [-0.39, 0.29) is 23.8 Å². The molecular formula is C18H26N2O4S. The van der Waals surface area contributed by atoms with Gasteiger partial charge in [0.05, 0.1) is 10.8 Å². The zero-order valence-corrected chi connectivity index (χ0v) is 15.6. The highest BCUT2D eigenvalue weighted by Gasteiger charge is 2.35. The first-order valence-electron chi connectivity index (χ1n) is 8.68. The summed E-state index contributed by atoms with van der Waals surface area (Å²) in [6.45, 7) is 6.53. The molecule has 2 unspecified atom stereocenters. The first-order chi connectivity index (χ1) is 11.9. The second-order valence-corrected chi connectivity index (χ2v) is 8.87. The number of nitrogens with two attached hydrogens (primary N) is 1. The molecule has 138 valence electrons. The molecule has 0 aromatic heterocycles. The van der Waals surface area contributed by atoms with E-state index in [9.17, 15) is 9.00 Å². The quantitative estimate of drug-likeness (QED) is 0.874. The fraction of sp³-hybridized carbons (Fsp3) is 0.611. The van der Waals surface area contributed by atoms with E-state index < -0.39 is 10.8 Å². The first-order valence-corrected chi connectivity index (χ1v) is 10.00. The maximum atomic E-state index is 12.5. The lowest BCUT2D eigenvalue weighted by Gasteiger charge is -2.42. The van der Waals surface area contributed by atoms with E-state index in [1.165, 1.54) is 0 Å². The van der Waals surface area contributed by atoms with Crippen LogP contribution in [0.5, 0.6) is 11.5 Å². The van der Waals surface area contributed by atoms with Crippen molar-refractivity contribution in [3.05, 3.63) is 18.2 Å². The van der Waals surface area contributed by atoms with Gasteiger partial charge in [-0.25, -0.2) is 0 Å².